The molecule has 0 saturated carbocycles. The minimum Gasteiger partial charge on any atom is -0.489 e. The van der Waals surface area contributed by atoms with E-state index in [1.165, 1.54) is 0 Å². The average Bonchev–Trinajstić information content (AvgIpc) is 2.61. The smallest absolute Gasteiger partial charge is 0.251 e. The summed E-state index contributed by atoms with van der Waals surface area (Å²) in [6.07, 6.45) is 0.817. The summed E-state index contributed by atoms with van der Waals surface area (Å²) in [6, 6.07) is 17.2. The van der Waals surface area contributed by atoms with Gasteiger partial charge in [-0.3, -0.25) is 4.79 Å². The topological polar surface area (TPSA) is 47.6 Å². The zero-order valence-corrected chi connectivity index (χ0v) is 13.5. The molecule has 2 rings (SSSR count). The van der Waals surface area contributed by atoms with Crippen LogP contribution in [0, 0.1) is 0 Å². The van der Waals surface area contributed by atoms with Crippen LogP contribution in [-0.4, -0.2) is 25.7 Å². The number of amides is 1. The number of hydrogen-bond acceptors (Lipinski definition) is 3. The van der Waals surface area contributed by atoms with Crippen molar-refractivity contribution >= 4 is 5.91 Å². The zero-order chi connectivity index (χ0) is 16.3. The summed E-state index contributed by atoms with van der Waals surface area (Å²) >= 11 is 0. The summed E-state index contributed by atoms with van der Waals surface area (Å²) in [7, 11) is 0. The van der Waals surface area contributed by atoms with Crippen LogP contribution in [-0.2, 0) is 11.3 Å². The molecule has 0 aromatic heterocycles. The van der Waals surface area contributed by atoms with Crippen molar-refractivity contribution in [3.63, 3.8) is 0 Å². The van der Waals surface area contributed by atoms with Crippen molar-refractivity contribution in [2.45, 2.75) is 20.0 Å². The molecule has 0 radical (unpaired) electrons. The maximum Gasteiger partial charge on any atom is 0.251 e. The Morgan fingerprint density at radius 3 is 2.48 bits per heavy atom. The third kappa shape index (κ3) is 6.12. The van der Waals surface area contributed by atoms with Gasteiger partial charge < -0.3 is 14.8 Å². The highest BCUT2D eigenvalue weighted by Crippen LogP contribution is 2.14. The highest BCUT2D eigenvalue weighted by atomic mass is 16.5. The first-order valence-corrected chi connectivity index (χ1v) is 7.92. The van der Waals surface area contributed by atoms with Gasteiger partial charge in [0.25, 0.3) is 5.91 Å². The van der Waals surface area contributed by atoms with Crippen molar-refractivity contribution < 1.29 is 14.3 Å². The van der Waals surface area contributed by atoms with Gasteiger partial charge in [-0.05, 0) is 43.2 Å². The van der Waals surface area contributed by atoms with E-state index in [1.807, 2.05) is 49.4 Å². The third-order valence-electron chi connectivity index (χ3n) is 3.32. The van der Waals surface area contributed by atoms with Gasteiger partial charge in [-0.25, -0.2) is 0 Å². The standard InChI is InChI=1S/C19H23NO3/c1-2-22-14-6-13-20-19(21)17-9-11-18(12-10-17)23-15-16-7-4-3-5-8-16/h3-5,7-12H,2,6,13-15H2,1H3,(H,20,21). The Balaban J connectivity index is 1.76. The number of benzene rings is 2. The lowest BCUT2D eigenvalue weighted by molar-refractivity contribution is 0.0944. The lowest BCUT2D eigenvalue weighted by atomic mass is 10.2. The molecule has 0 spiro atoms. The Hall–Kier alpha value is -2.33. The van der Waals surface area contributed by atoms with Gasteiger partial charge in [-0.2, -0.15) is 0 Å². The summed E-state index contributed by atoms with van der Waals surface area (Å²) in [5.74, 6) is 0.679. The van der Waals surface area contributed by atoms with Crippen LogP contribution < -0.4 is 10.1 Å². The average molecular weight is 313 g/mol. The number of carbonyl (C=O) groups is 1. The number of carbonyl (C=O) groups excluding carboxylic acids is 1. The zero-order valence-electron chi connectivity index (χ0n) is 13.5. The Bertz CT molecular complexity index is 581. The highest BCUT2D eigenvalue weighted by Gasteiger charge is 2.05. The molecule has 0 aliphatic heterocycles. The minimum atomic E-state index is -0.0730. The minimum absolute atomic E-state index is 0.0730. The summed E-state index contributed by atoms with van der Waals surface area (Å²) in [6.45, 7) is 4.47. The lowest BCUT2D eigenvalue weighted by Crippen LogP contribution is -2.25. The molecular weight excluding hydrogens is 290 g/mol. The largest absolute Gasteiger partial charge is 0.489 e. The van der Waals surface area contributed by atoms with Crippen LogP contribution in [0.5, 0.6) is 5.75 Å². The van der Waals surface area contributed by atoms with Gasteiger partial charge in [0, 0.05) is 25.3 Å². The van der Waals surface area contributed by atoms with E-state index < -0.39 is 0 Å². The molecule has 2 aromatic carbocycles. The first-order valence-electron chi connectivity index (χ1n) is 7.92. The first-order chi connectivity index (χ1) is 11.3. The molecule has 2 aromatic rings. The maximum absolute atomic E-state index is 12.0. The summed E-state index contributed by atoms with van der Waals surface area (Å²) in [5.41, 5.74) is 1.75. The van der Waals surface area contributed by atoms with Gasteiger partial charge in [-0.15, -0.1) is 0 Å². The first kappa shape index (κ1) is 17.0. The van der Waals surface area contributed by atoms with Gasteiger partial charge in [-0.1, -0.05) is 30.3 Å². The highest BCUT2D eigenvalue weighted by molar-refractivity contribution is 5.94. The molecule has 1 amide bonds. The molecule has 0 heterocycles. The predicted octanol–water partition coefficient (Wildman–Crippen LogP) is 3.42. The van der Waals surface area contributed by atoms with Gasteiger partial charge >= 0.3 is 0 Å². The fraction of sp³-hybridized carbons (Fsp3) is 0.316. The Morgan fingerprint density at radius 2 is 1.78 bits per heavy atom. The van der Waals surface area contributed by atoms with Gasteiger partial charge in [0.05, 0.1) is 0 Å². The molecule has 0 fully saturated rings. The quantitative estimate of drug-likeness (QED) is 0.722. The molecular formula is C19H23NO3. The van der Waals surface area contributed by atoms with Gasteiger partial charge in [0.2, 0.25) is 0 Å². The summed E-state index contributed by atoms with van der Waals surface area (Å²) < 4.78 is 10.9. The molecule has 0 saturated heterocycles. The summed E-state index contributed by atoms with van der Waals surface area (Å²) in [4.78, 5) is 12.0. The van der Waals surface area contributed by atoms with E-state index in [0.717, 1.165) is 17.7 Å². The van der Waals surface area contributed by atoms with Crippen LogP contribution in [0.25, 0.3) is 0 Å². The van der Waals surface area contributed by atoms with E-state index in [-0.39, 0.29) is 5.91 Å². The predicted molar refractivity (Wildman–Crippen MR) is 90.7 cm³/mol. The molecule has 4 nitrogen and oxygen atoms in total. The fourth-order valence-corrected chi connectivity index (χ4v) is 2.07. The molecule has 0 atom stereocenters. The number of hydrogen-bond donors (Lipinski definition) is 1. The van der Waals surface area contributed by atoms with E-state index in [2.05, 4.69) is 5.32 Å². The van der Waals surface area contributed by atoms with Crippen LogP contribution in [0.2, 0.25) is 0 Å². The molecule has 4 heteroatoms. The van der Waals surface area contributed by atoms with E-state index >= 15 is 0 Å². The number of ether oxygens (including phenoxy) is 2. The molecule has 0 unspecified atom stereocenters. The summed E-state index contributed by atoms with van der Waals surface area (Å²) in [5, 5.41) is 2.88. The molecule has 0 aliphatic carbocycles. The second-order valence-electron chi connectivity index (χ2n) is 5.11. The molecule has 23 heavy (non-hydrogen) atoms. The number of nitrogens with one attached hydrogen (secondary N) is 1. The fourth-order valence-electron chi connectivity index (χ4n) is 2.07. The van der Waals surface area contributed by atoms with Crippen LogP contribution in [0.4, 0.5) is 0 Å². The molecule has 0 bridgehead atoms. The number of rotatable bonds is 9. The monoisotopic (exact) mass is 313 g/mol. The second kappa shape index (κ2) is 9.64. The van der Waals surface area contributed by atoms with Crippen molar-refractivity contribution in [2.75, 3.05) is 19.8 Å². The van der Waals surface area contributed by atoms with E-state index in [0.29, 0.717) is 31.9 Å². The van der Waals surface area contributed by atoms with E-state index in [9.17, 15) is 4.79 Å². The second-order valence-corrected chi connectivity index (χ2v) is 5.11. The Labute approximate surface area is 137 Å². The van der Waals surface area contributed by atoms with Crippen LogP contribution in [0.15, 0.2) is 54.6 Å². The van der Waals surface area contributed by atoms with Crippen molar-refractivity contribution in [3.8, 4) is 5.75 Å². The van der Waals surface area contributed by atoms with Crippen molar-refractivity contribution in [1.82, 2.24) is 5.32 Å². The molecule has 0 aliphatic rings. The Morgan fingerprint density at radius 1 is 1.04 bits per heavy atom. The van der Waals surface area contributed by atoms with Crippen LogP contribution in [0.3, 0.4) is 0 Å². The third-order valence-corrected chi connectivity index (χ3v) is 3.32. The van der Waals surface area contributed by atoms with Crippen molar-refractivity contribution in [3.05, 3.63) is 65.7 Å². The van der Waals surface area contributed by atoms with Gasteiger partial charge in [0.15, 0.2) is 0 Å². The lowest BCUT2D eigenvalue weighted by Gasteiger charge is -2.08. The Kier molecular flexibility index (Phi) is 7.14. The van der Waals surface area contributed by atoms with Gasteiger partial charge in [0.1, 0.15) is 12.4 Å². The SMILES string of the molecule is CCOCCCNC(=O)c1ccc(OCc2ccccc2)cc1. The van der Waals surface area contributed by atoms with Crippen LogP contribution >= 0.6 is 0 Å². The molecule has 1 N–H and O–H groups in total. The van der Waals surface area contributed by atoms with Crippen LogP contribution in [0.1, 0.15) is 29.3 Å². The van der Waals surface area contributed by atoms with E-state index in [1.54, 1.807) is 12.1 Å². The maximum atomic E-state index is 12.0. The molecule has 122 valence electrons. The van der Waals surface area contributed by atoms with E-state index in [4.69, 9.17) is 9.47 Å². The van der Waals surface area contributed by atoms with Crippen molar-refractivity contribution in [1.29, 1.82) is 0 Å². The normalized spacial score (nSPS) is 10.3. The van der Waals surface area contributed by atoms with Crippen molar-refractivity contribution in [2.24, 2.45) is 0 Å².